The SMILES string of the molecule is Cc1ccc(N(C)C(=O)C2CC23CCNCC3)cc1C.Cl. The Morgan fingerprint density at radius 1 is 1.24 bits per heavy atom. The van der Waals surface area contributed by atoms with E-state index in [0.29, 0.717) is 11.3 Å². The number of carbonyl (C=O) groups is 1. The van der Waals surface area contributed by atoms with E-state index in [2.05, 4.69) is 37.4 Å². The highest BCUT2D eigenvalue weighted by molar-refractivity contribution is 5.97. The van der Waals surface area contributed by atoms with Gasteiger partial charge < -0.3 is 10.2 Å². The maximum Gasteiger partial charge on any atom is 0.230 e. The number of carbonyl (C=O) groups excluding carboxylic acids is 1. The molecule has 3 nitrogen and oxygen atoms in total. The minimum atomic E-state index is 0. The van der Waals surface area contributed by atoms with Crippen LogP contribution in [0.25, 0.3) is 0 Å². The van der Waals surface area contributed by atoms with Crippen molar-refractivity contribution in [3.05, 3.63) is 29.3 Å². The summed E-state index contributed by atoms with van der Waals surface area (Å²) in [6.07, 6.45) is 3.40. The fourth-order valence-corrected chi connectivity index (χ4v) is 3.47. The molecule has 1 aromatic carbocycles. The summed E-state index contributed by atoms with van der Waals surface area (Å²) in [6, 6.07) is 6.27. The van der Waals surface area contributed by atoms with Gasteiger partial charge in [-0.15, -0.1) is 12.4 Å². The topological polar surface area (TPSA) is 32.3 Å². The van der Waals surface area contributed by atoms with Crippen molar-refractivity contribution >= 4 is 24.0 Å². The summed E-state index contributed by atoms with van der Waals surface area (Å²) in [5.74, 6) is 0.548. The summed E-state index contributed by atoms with van der Waals surface area (Å²) < 4.78 is 0. The zero-order valence-corrected chi connectivity index (χ0v) is 13.9. The van der Waals surface area contributed by atoms with Crippen LogP contribution in [0.4, 0.5) is 5.69 Å². The molecular weight excluding hydrogens is 284 g/mol. The van der Waals surface area contributed by atoms with Crippen LogP contribution in [-0.4, -0.2) is 26.0 Å². The number of hydrogen-bond acceptors (Lipinski definition) is 2. The molecule has 1 atom stereocenters. The minimum absolute atomic E-state index is 0. The number of amides is 1. The molecule has 1 unspecified atom stereocenters. The van der Waals surface area contributed by atoms with Crippen LogP contribution in [0, 0.1) is 25.2 Å². The van der Waals surface area contributed by atoms with Gasteiger partial charge >= 0.3 is 0 Å². The van der Waals surface area contributed by atoms with Crippen molar-refractivity contribution in [3.8, 4) is 0 Å². The highest BCUT2D eigenvalue weighted by atomic mass is 35.5. The molecule has 1 aliphatic carbocycles. The maximum atomic E-state index is 12.7. The van der Waals surface area contributed by atoms with Gasteiger partial charge in [0.2, 0.25) is 5.91 Å². The van der Waals surface area contributed by atoms with Crippen LogP contribution in [-0.2, 0) is 4.79 Å². The fraction of sp³-hybridized carbons (Fsp3) is 0.588. The summed E-state index contributed by atoms with van der Waals surface area (Å²) >= 11 is 0. The largest absolute Gasteiger partial charge is 0.317 e. The third-order valence-corrected chi connectivity index (χ3v) is 5.30. The van der Waals surface area contributed by atoms with Gasteiger partial charge in [0.1, 0.15) is 0 Å². The molecule has 1 N–H and O–H groups in total. The normalized spacial score (nSPS) is 22.5. The van der Waals surface area contributed by atoms with E-state index in [9.17, 15) is 4.79 Å². The Bertz CT molecular complexity index is 538. The summed E-state index contributed by atoms with van der Waals surface area (Å²) in [5.41, 5.74) is 3.86. The molecule has 1 heterocycles. The molecule has 0 aromatic heterocycles. The molecule has 116 valence electrons. The molecule has 1 aliphatic heterocycles. The van der Waals surface area contributed by atoms with Crippen molar-refractivity contribution in [2.45, 2.75) is 33.1 Å². The van der Waals surface area contributed by atoms with Crippen LogP contribution in [0.15, 0.2) is 18.2 Å². The first kappa shape index (κ1) is 16.3. The van der Waals surface area contributed by atoms with Crippen LogP contribution in [0.3, 0.4) is 0 Å². The quantitative estimate of drug-likeness (QED) is 0.910. The van der Waals surface area contributed by atoms with E-state index in [1.54, 1.807) is 0 Å². The van der Waals surface area contributed by atoms with Gasteiger partial charge in [-0.05, 0) is 74.9 Å². The Labute approximate surface area is 133 Å². The van der Waals surface area contributed by atoms with Crippen molar-refractivity contribution in [2.24, 2.45) is 11.3 Å². The first-order chi connectivity index (χ1) is 9.53. The monoisotopic (exact) mass is 308 g/mol. The summed E-state index contributed by atoms with van der Waals surface area (Å²) in [7, 11) is 1.92. The van der Waals surface area contributed by atoms with Crippen LogP contribution in [0.1, 0.15) is 30.4 Å². The van der Waals surface area contributed by atoms with Gasteiger partial charge in [0.15, 0.2) is 0 Å². The number of aryl methyl sites for hydroxylation is 2. The average molecular weight is 309 g/mol. The number of benzene rings is 1. The second-order valence-corrected chi connectivity index (χ2v) is 6.53. The van der Waals surface area contributed by atoms with Crippen molar-refractivity contribution < 1.29 is 4.79 Å². The van der Waals surface area contributed by atoms with Crippen LogP contribution in [0.2, 0.25) is 0 Å². The third-order valence-electron chi connectivity index (χ3n) is 5.30. The first-order valence-electron chi connectivity index (χ1n) is 7.59. The van der Waals surface area contributed by atoms with Crippen LogP contribution in [0.5, 0.6) is 0 Å². The van der Waals surface area contributed by atoms with E-state index in [1.165, 1.54) is 11.1 Å². The number of hydrogen-bond donors (Lipinski definition) is 1. The fourth-order valence-electron chi connectivity index (χ4n) is 3.47. The smallest absolute Gasteiger partial charge is 0.230 e. The Kier molecular flexibility index (Phi) is 4.64. The van der Waals surface area contributed by atoms with Gasteiger partial charge in [-0.3, -0.25) is 4.79 Å². The lowest BCUT2D eigenvalue weighted by Gasteiger charge is -2.25. The molecule has 0 bridgehead atoms. The van der Waals surface area contributed by atoms with Crippen molar-refractivity contribution in [1.82, 2.24) is 5.32 Å². The van der Waals surface area contributed by atoms with Crippen molar-refractivity contribution in [1.29, 1.82) is 0 Å². The number of piperidine rings is 1. The van der Waals surface area contributed by atoms with E-state index in [4.69, 9.17) is 0 Å². The molecule has 1 aromatic rings. The highest BCUT2D eigenvalue weighted by Crippen LogP contribution is 2.59. The molecular formula is C17H25ClN2O. The lowest BCUT2D eigenvalue weighted by Crippen LogP contribution is -2.34. The van der Waals surface area contributed by atoms with Gasteiger partial charge in [-0.25, -0.2) is 0 Å². The molecule has 1 amide bonds. The molecule has 21 heavy (non-hydrogen) atoms. The van der Waals surface area contributed by atoms with Crippen LogP contribution < -0.4 is 10.2 Å². The number of nitrogens with one attached hydrogen (secondary N) is 1. The molecule has 1 spiro atoms. The van der Waals surface area contributed by atoms with Gasteiger partial charge in [0.05, 0.1) is 0 Å². The Morgan fingerprint density at radius 3 is 2.52 bits per heavy atom. The standard InChI is InChI=1S/C17H24N2O.ClH/c1-12-4-5-14(10-13(12)2)19(3)16(20)15-11-17(15)6-8-18-9-7-17;/h4-5,10,15,18H,6-9,11H2,1-3H3;1H. The van der Waals surface area contributed by atoms with E-state index in [1.807, 2.05) is 11.9 Å². The molecule has 3 rings (SSSR count). The Balaban J connectivity index is 0.00000161. The van der Waals surface area contributed by atoms with Crippen LogP contribution >= 0.6 is 12.4 Å². The third kappa shape index (κ3) is 2.95. The van der Waals surface area contributed by atoms with Gasteiger partial charge in [-0.2, -0.15) is 0 Å². The number of nitrogens with zero attached hydrogens (tertiary/aromatic N) is 1. The molecule has 1 saturated carbocycles. The van der Waals surface area contributed by atoms with E-state index in [0.717, 1.165) is 38.0 Å². The zero-order chi connectivity index (χ0) is 14.3. The summed E-state index contributed by atoms with van der Waals surface area (Å²) in [6.45, 7) is 6.34. The lowest BCUT2D eigenvalue weighted by molar-refractivity contribution is -0.120. The van der Waals surface area contributed by atoms with E-state index in [-0.39, 0.29) is 18.3 Å². The minimum Gasteiger partial charge on any atom is -0.317 e. The average Bonchev–Trinajstić information content (AvgIpc) is 3.14. The van der Waals surface area contributed by atoms with Gasteiger partial charge in [0.25, 0.3) is 0 Å². The first-order valence-corrected chi connectivity index (χ1v) is 7.59. The van der Waals surface area contributed by atoms with Gasteiger partial charge in [-0.1, -0.05) is 6.07 Å². The number of anilines is 1. The molecule has 2 fully saturated rings. The van der Waals surface area contributed by atoms with E-state index < -0.39 is 0 Å². The molecule has 1 saturated heterocycles. The predicted octanol–water partition coefficient (Wildman–Crippen LogP) is 3.08. The Hall–Kier alpha value is -1.06. The maximum absolute atomic E-state index is 12.7. The molecule has 2 aliphatic rings. The summed E-state index contributed by atoms with van der Waals surface area (Å²) in [4.78, 5) is 14.5. The second-order valence-electron chi connectivity index (χ2n) is 6.53. The second kappa shape index (κ2) is 5.98. The molecule has 4 heteroatoms. The highest BCUT2D eigenvalue weighted by Gasteiger charge is 2.58. The van der Waals surface area contributed by atoms with Crippen molar-refractivity contribution in [3.63, 3.8) is 0 Å². The predicted molar refractivity (Wildman–Crippen MR) is 89.2 cm³/mol. The van der Waals surface area contributed by atoms with E-state index >= 15 is 0 Å². The summed E-state index contributed by atoms with van der Waals surface area (Å²) in [5, 5.41) is 3.39. The Morgan fingerprint density at radius 2 is 1.90 bits per heavy atom. The number of rotatable bonds is 2. The zero-order valence-electron chi connectivity index (χ0n) is 13.1. The number of halogens is 1. The van der Waals surface area contributed by atoms with Gasteiger partial charge in [0, 0.05) is 18.7 Å². The lowest BCUT2D eigenvalue weighted by atomic mass is 9.91. The molecule has 0 radical (unpaired) electrons. The van der Waals surface area contributed by atoms with Crippen molar-refractivity contribution in [2.75, 3.05) is 25.0 Å².